The monoisotopic (exact) mass is 369 g/mol. The summed E-state index contributed by atoms with van der Waals surface area (Å²) in [6.07, 6.45) is 0. The van der Waals surface area contributed by atoms with Gasteiger partial charge in [0.1, 0.15) is 11.6 Å². The highest BCUT2D eigenvalue weighted by Crippen LogP contribution is 2.21. The van der Waals surface area contributed by atoms with Crippen LogP contribution in [-0.4, -0.2) is 12.1 Å². The van der Waals surface area contributed by atoms with E-state index in [1.165, 1.54) is 5.56 Å². The topological polar surface area (TPSA) is 46.2 Å². The Balaban J connectivity index is 1.42. The Bertz CT molecular complexity index is 1060. The molecule has 0 saturated carbocycles. The number of methoxy groups -OCH3 is 1. The molecule has 0 bridgehead atoms. The minimum atomic E-state index is 0.701. The first-order valence-corrected chi connectivity index (χ1v) is 9.35. The van der Waals surface area contributed by atoms with Gasteiger partial charge in [0.2, 0.25) is 0 Å². The SMILES string of the molecule is COc1cccc(CNc2ccc3cc(NCc4ccccc4)ccc3n2)c1. The third kappa shape index (κ3) is 4.41. The zero-order valence-electron chi connectivity index (χ0n) is 15.9. The van der Waals surface area contributed by atoms with Gasteiger partial charge in [-0.25, -0.2) is 4.98 Å². The van der Waals surface area contributed by atoms with Crippen LogP contribution in [0.3, 0.4) is 0 Å². The number of ether oxygens (including phenoxy) is 1. The molecule has 3 aromatic carbocycles. The molecule has 4 aromatic rings. The first kappa shape index (κ1) is 17.9. The highest BCUT2D eigenvalue weighted by atomic mass is 16.5. The predicted octanol–water partition coefficient (Wildman–Crippen LogP) is 5.47. The van der Waals surface area contributed by atoms with Crippen LogP contribution in [0.2, 0.25) is 0 Å². The van der Waals surface area contributed by atoms with E-state index in [9.17, 15) is 0 Å². The van der Waals surface area contributed by atoms with E-state index in [0.29, 0.717) is 6.54 Å². The Hall–Kier alpha value is -3.53. The van der Waals surface area contributed by atoms with Gasteiger partial charge in [-0.2, -0.15) is 0 Å². The molecule has 2 N–H and O–H groups in total. The van der Waals surface area contributed by atoms with Crippen LogP contribution in [0.25, 0.3) is 10.9 Å². The largest absolute Gasteiger partial charge is 0.497 e. The predicted molar refractivity (Wildman–Crippen MR) is 116 cm³/mol. The maximum Gasteiger partial charge on any atom is 0.126 e. The van der Waals surface area contributed by atoms with Gasteiger partial charge in [-0.05, 0) is 53.6 Å². The van der Waals surface area contributed by atoms with Gasteiger partial charge in [0.05, 0.1) is 12.6 Å². The lowest BCUT2D eigenvalue weighted by atomic mass is 10.1. The molecule has 0 saturated heterocycles. The van der Waals surface area contributed by atoms with Gasteiger partial charge in [0.15, 0.2) is 0 Å². The molecule has 0 atom stereocenters. The number of pyridine rings is 1. The number of hydrogen-bond donors (Lipinski definition) is 2. The first-order chi connectivity index (χ1) is 13.8. The second-order valence-corrected chi connectivity index (χ2v) is 6.65. The number of nitrogens with one attached hydrogen (secondary N) is 2. The molecular formula is C24H23N3O. The smallest absolute Gasteiger partial charge is 0.126 e. The van der Waals surface area contributed by atoms with Crippen LogP contribution in [0.1, 0.15) is 11.1 Å². The van der Waals surface area contributed by atoms with Crippen molar-refractivity contribution in [2.45, 2.75) is 13.1 Å². The summed E-state index contributed by atoms with van der Waals surface area (Å²) in [6.45, 7) is 1.51. The molecular weight excluding hydrogens is 346 g/mol. The van der Waals surface area contributed by atoms with Gasteiger partial charge < -0.3 is 15.4 Å². The van der Waals surface area contributed by atoms with Crippen LogP contribution in [0.5, 0.6) is 5.75 Å². The molecule has 0 amide bonds. The summed E-state index contributed by atoms with van der Waals surface area (Å²) in [7, 11) is 1.68. The molecule has 140 valence electrons. The standard InChI is InChI=1S/C24H23N3O/c1-28-22-9-5-8-19(14-22)17-26-24-13-10-20-15-21(11-12-23(20)27-24)25-16-18-6-3-2-4-7-18/h2-15,25H,16-17H2,1H3,(H,26,27). The fraction of sp³-hybridized carbons (Fsp3) is 0.125. The third-order valence-electron chi connectivity index (χ3n) is 4.64. The number of anilines is 2. The Labute approximate surface area is 165 Å². The van der Waals surface area contributed by atoms with Gasteiger partial charge in [0, 0.05) is 24.2 Å². The average Bonchev–Trinajstić information content (AvgIpc) is 2.77. The van der Waals surface area contributed by atoms with Crippen molar-refractivity contribution in [2.75, 3.05) is 17.7 Å². The fourth-order valence-electron chi connectivity index (χ4n) is 3.11. The number of fused-ring (bicyclic) bond motifs is 1. The summed E-state index contributed by atoms with van der Waals surface area (Å²) in [4.78, 5) is 4.72. The van der Waals surface area contributed by atoms with Crippen LogP contribution >= 0.6 is 0 Å². The third-order valence-corrected chi connectivity index (χ3v) is 4.64. The van der Waals surface area contributed by atoms with Crippen molar-refractivity contribution in [2.24, 2.45) is 0 Å². The van der Waals surface area contributed by atoms with Crippen molar-refractivity contribution in [1.82, 2.24) is 4.98 Å². The maximum absolute atomic E-state index is 5.27. The number of rotatable bonds is 7. The van der Waals surface area contributed by atoms with Gasteiger partial charge in [0.25, 0.3) is 0 Å². The van der Waals surface area contributed by atoms with E-state index in [1.54, 1.807) is 7.11 Å². The van der Waals surface area contributed by atoms with Crippen molar-refractivity contribution < 1.29 is 4.74 Å². The highest BCUT2D eigenvalue weighted by Gasteiger charge is 2.02. The second-order valence-electron chi connectivity index (χ2n) is 6.65. The van der Waals surface area contributed by atoms with Gasteiger partial charge in [-0.1, -0.05) is 42.5 Å². The average molecular weight is 369 g/mol. The Kier molecular flexibility index (Phi) is 5.38. The molecule has 0 radical (unpaired) electrons. The minimum absolute atomic E-state index is 0.701. The summed E-state index contributed by atoms with van der Waals surface area (Å²) >= 11 is 0. The highest BCUT2D eigenvalue weighted by molar-refractivity contribution is 5.83. The molecule has 0 aliphatic heterocycles. The summed E-state index contributed by atoms with van der Waals surface area (Å²) in [5.74, 6) is 1.72. The first-order valence-electron chi connectivity index (χ1n) is 9.35. The molecule has 4 rings (SSSR count). The summed E-state index contributed by atoms with van der Waals surface area (Å²) in [5.41, 5.74) is 4.48. The van der Waals surface area contributed by atoms with Gasteiger partial charge in [-0.15, -0.1) is 0 Å². The fourth-order valence-corrected chi connectivity index (χ4v) is 3.11. The van der Waals surface area contributed by atoms with Crippen LogP contribution in [-0.2, 0) is 13.1 Å². The van der Waals surface area contributed by atoms with E-state index in [2.05, 4.69) is 65.2 Å². The summed E-state index contributed by atoms with van der Waals surface area (Å²) < 4.78 is 5.27. The lowest BCUT2D eigenvalue weighted by Crippen LogP contribution is -2.02. The van der Waals surface area contributed by atoms with Crippen molar-refractivity contribution in [3.8, 4) is 5.75 Å². The Morgan fingerprint density at radius 1 is 0.750 bits per heavy atom. The molecule has 0 fully saturated rings. The van der Waals surface area contributed by atoms with Crippen molar-refractivity contribution >= 4 is 22.4 Å². The lowest BCUT2D eigenvalue weighted by Gasteiger charge is -2.10. The van der Waals surface area contributed by atoms with E-state index in [1.807, 2.05) is 30.3 Å². The van der Waals surface area contributed by atoms with Crippen LogP contribution in [0.15, 0.2) is 84.9 Å². The molecule has 4 nitrogen and oxygen atoms in total. The Morgan fingerprint density at radius 3 is 2.43 bits per heavy atom. The number of benzene rings is 3. The normalized spacial score (nSPS) is 10.6. The number of nitrogens with zero attached hydrogens (tertiary/aromatic N) is 1. The van der Waals surface area contributed by atoms with E-state index in [-0.39, 0.29) is 0 Å². The van der Waals surface area contributed by atoms with E-state index in [4.69, 9.17) is 9.72 Å². The van der Waals surface area contributed by atoms with E-state index in [0.717, 1.165) is 40.3 Å². The molecule has 28 heavy (non-hydrogen) atoms. The zero-order valence-corrected chi connectivity index (χ0v) is 15.9. The Morgan fingerprint density at radius 2 is 1.57 bits per heavy atom. The van der Waals surface area contributed by atoms with E-state index >= 15 is 0 Å². The molecule has 0 spiro atoms. The molecule has 1 heterocycles. The molecule has 0 unspecified atom stereocenters. The van der Waals surface area contributed by atoms with Crippen molar-refractivity contribution in [3.63, 3.8) is 0 Å². The summed E-state index contributed by atoms with van der Waals surface area (Å²) in [5, 5.41) is 7.97. The minimum Gasteiger partial charge on any atom is -0.497 e. The van der Waals surface area contributed by atoms with Gasteiger partial charge >= 0.3 is 0 Å². The maximum atomic E-state index is 5.27. The quantitative estimate of drug-likeness (QED) is 0.454. The summed E-state index contributed by atoms with van der Waals surface area (Å²) in [6, 6.07) is 28.8. The molecule has 4 heteroatoms. The van der Waals surface area contributed by atoms with E-state index < -0.39 is 0 Å². The van der Waals surface area contributed by atoms with Crippen molar-refractivity contribution in [1.29, 1.82) is 0 Å². The number of aromatic nitrogens is 1. The molecule has 0 aliphatic carbocycles. The van der Waals surface area contributed by atoms with Gasteiger partial charge in [-0.3, -0.25) is 0 Å². The van der Waals surface area contributed by atoms with Crippen LogP contribution in [0, 0.1) is 0 Å². The molecule has 0 aliphatic rings. The van der Waals surface area contributed by atoms with Crippen LogP contribution < -0.4 is 15.4 Å². The van der Waals surface area contributed by atoms with Crippen molar-refractivity contribution in [3.05, 3.63) is 96.1 Å². The second kappa shape index (κ2) is 8.44. The molecule has 1 aromatic heterocycles. The number of hydrogen-bond acceptors (Lipinski definition) is 4. The lowest BCUT2D eigenvalue weighted by molar-refractivity contribution is 0.414. The zero-order chi connectivity index (χ0) is 19.2. The van der Waals surface area contributed by atoms with Crippen LogP contribution in [0.4, 0.5) is 11.5 Å².